The van der Waals surface area contributed by atoms with E-state index >= 15 is 0 Å². The van der Waals surface area contributed by atoms with Crippen LogP contribution in [0.1, 0.15) is 92.9 Å². The maximum atomic E-state index is 12.8. The number of hydrogen-bond donors (Lipinski definition) is 0. The Kier molecular flexibility index (Phi) is 63.5. The zero-order chi connectivity index (χ0) is 79.3. The average Bonchev–Trinajstić information content (AvgIpc) is 1.06. The van der Waals surface area contributed by atoms with Crippen LogP contribution in [-0.2, 0) is 114 Å². The average molecular weight is 1630 g/mol. The van der Waals surface area contributed by atoms with Gasteiger partial charge in [-0.25, -0.2) is 0 Å². The topological polar surface area (TPSA) is 332 Å². The third kappa shape index (κ3) is 57.6. The predicted molar refractivity (Wildman–Crippen MR) is 417 cm³/mol. The highest BCUT2D eigenvalue weighted by atomic mass is 32.2. The van der Waals surface area contributed by atoms with E-state index in [1.54, 1.807) is 41.5 Å². The van der Waals surface area contributed by atoms with Gasteiger partial charge in [-0.1, -0.05) is 41.5 Å². The third-order valence-electron chi connectivity index (χ3n) is 15.5. The number of esters is 12. The summed E-state index contributed by atoms with van der Waals surface area (Å²) >= 11 is 9.14. The summed E-state index contributed by atoms with van der Waals surface area (Å²) in [5, 5.41) is 0. The van der Waals surface area contributed by atoms with Gasteiger partial charge in [-0.2, -0.15) is 70.6 Å². The van der Waals surface area contributed by atoms with Gasteiger partial charge >= 0.3 is 71.6 Å². The Balaban J connectivity index is 4.57. The fraction of sp³-hybridized carbons (Fsp3) is 0.831. The van der Waals surface area contributed by atoms with Crippen molar-refractivity contribution in [1.82, 2.24) is 24.5 Å². The quantitative estimate of drug-likeness (QED) is 0.0397. The van der Waals surface area contributed by atoms with Crippen LogP contribution in [0.5, 0.6) is 0 Å². The van der Waals surface area contributed by atoms with E-state index in [4.69, 9.17) is 56.8 Å². The summed E-state index contributed by atoms with van der Waals surface area (Å²) in [5.41, 5.74) is 0. The molecule has 0 amide bonds. The van der Waals surface area contributed by atoms with Crippen LogP contribution in [0.4, 0.5) is 0 Å². The summed E-state index contributed by atoms with van der Waals surface area (Å²) in [4.78, 5) is 159. The zero-order valence-corrected chi connectivity index (χ0v) is 70.1. The molecule has 0 aliphatic carbocycles. The van der Waals surface area contributed by atoms with Crippen molar-refractivity contribution in [2.45, 2.75) is 92.9 Å². The Morgan fingerprint density at radius 1 is 0.245 bits per heavy atom. The monoisotopic (exact) mass is 1620 g/mol. The molecule has 0 aliphatic rings. The summed E-state index contributed by atoms with van der Waals surface area (Å²) in [5.74, 6) is -2.58. The molecule has 0 spiro atoms. The molecule has 0 aromatic carbocycles. The van der Waals surface area contributed by atoms with Crippen LogP contribution in [0.15, 0.2) is 0 Å². The molecule has 29 nitrogen and oxygen atoms in total. The minimum absolute atomic E-state index is 0.0237. The fourth-order valence-corrected chi connectivity index (χ4v) is 13.8. The second-order valence-electron chi connectivity index (χ2n) is 25.5. The van der Waals surface area contributed by atoms with E-state index in [1.165, 1.54) is 70.6 Å². The third-order valence-corrected chi connectivity index (χ3v) is 21.3. The SMILES string of the molecule is CSCC(C)C(=O)OCCOC(=O)CCN(CCSCC(C)C(=O)OCCOC(=O)CCN(C)CCCN(C)CCCN(C)CCC(=O)OCCOC(=O)C(C)CSCCN(CCC(=O)OCCOC(=O)C(C)CSC)CCC(=O)OCCOC(=O)C(C)CSC)CCC(=O)OCCOC(=O)C(C)CSC. The number of rotatable bonds is 68. The summed E-state index contributed by atoms with van der Waals surface area (Å²) in [7, 11) is 5.93. The highest BCUT2D eigenvalue weighted by molar-refractivity contribution is 8.00. The van der Waals surface area contributed by atoms with E-state index in [9.17, 15) is 57.5 Å². The van der Waals surface area contributed by atoms with Crippen molar-refractivity contribution in [2.75, 3.05) is 250 Å². The van der Waals surface area contributed by atoms with E-state index in [0.717, 1.165) is 39.0 Å². The summed E-state index contributed by atoms with van der Waals surface area (Å²) in [6, 6.07) is 0. The first-order valence-corrected chi connectivity index (χ1v) is 44.1. The maximum Gasteiger partial charge on any atom is 0.309 e. The van der Waals surface area contributed by atoms with Gasteiger partial charge < -0.3 is 81.3 Å². The van der Waals surface area contributed by atoms with Crippen LogP contribution in [0.3, 0.4) is 0 Å². The largest absolute Gasteiger partial charge is 0.462 e. The molecule has 0 aliphatic heterocycles. The molecular formula is C71H125N5O24S6. The first-order chi connectivity index (χ1) is 50.6. The summed E-state index contributed by atoms with van der Waals surface area (Å²) in [6.45, 7) is 16.0. The standard InChI is InChI=1S/C71H125N5O24S6/c1-54(48-101-10)66(83)95-40-36-91-62(79)18-28-75(29-19-63(80)92-37-41-96-67(84)55(2)49-102-11)32-46-105-52-58(5)70(87)99-44-34-89-60(77)16-26-73(8)24-14-22-72(7)23-15-25-74(9)27-17-61(78)90-35-45-100-71(88)59(6)53-106-47-33-76(30-20-64(81)93-38-42-97-68(85)56(3)50-103-12)31-21-65(82)94-39-43-98-69(86)57(4)51-104-13/h54-59H,14-53H2,1-13H3. The molecule has 6 atom stereocenters. The van der Waals surface area contributed by atoms with Gasteiger partial charge in [0.25, 0.3) is 0 Å². The van der Waals surface area contributed by atoms with Crippen LogP contribution in [-0.4, -0.2) is 346 Å². The molecule has 0 fully saturated rings. The first kappa shape index (κ1) is 102. The molecule has 0 saturated heterocycles. The van der Waals surface area contributed by atoms with Gasteiger partial charge in [0.15, 0.2) is 0 Å². The smallest absolute Gasteiger partial charge is 0.309 e. The molecule has 106 heavy (non-hydrogen) atoms. The minimum Gasteiger partial charge on any atom is -0.462 e. The van der Waals surface area contributed by atoms with Crippen molar-refractivity contribution >= 4 is 142 Å². The van der Waals surface area contributed by atoms with E-state index < -0.39 is 59.6 Å². The van der Waals surface area contributed by atoms with Crippen molar-refractivity contribution in [3.8, 4) is 0 Å². The van der Waals surface area contributed by atoms with Crippen molar-refractivity contribution in [1.29, 1.82) is 0 Å². The minimum atomic E-state index is -0.488. The van der Waals surface area contributed by atoms with Crippen LogP contribution in [0, 0.1) is 35.5 Å². The van der Waals surface area contributed by atoms with Crippen LogP contribution in [0.2, 0.25) is 0 Å². The van der Waals surface area contributed by atoms with E-state index in [-0.39, 0.29) is 192 Å². The lowest BCUT2D eigenvalue weighted by atomic mass is 10.2. The molecule has 0 aromatic heterocycles. The number of nitrogens with zero attached hydrogens (tertiary/aromatic N) is 5. The fourth-order valence-electron chi connectivity index (χ4n) is 9.18. The molecule has 0 rings (SSSR count). The molecule has 0 heterocycles. The zero-order valence-electron chi connectivity index (χ0n) is 65.2. The molecule has 6 unspecified atom stereocenters. The molecule has 0 radical (unpaired) electrons. The Morgan fingerprint density at radius 2 is 0.425 bits per heavy atom. The van der Waals surface area contributed by atoms with Gasteiger partial charge in [0.1, 0.15) is 79.3 Å². The van der Waals surface area contributed by atoms with Crippen molar-refractivity contribution in [3.63, 3.8) is 0 Å². The van der Waals surface area contributed by atoms with Gasteiger partial charge in [0.2, 0.25) is 0 Å². The number of carbonyl (C=O) groups excluding carboxylic acids is 12. The first-order valence-electron chi connectivity index (χ1n) is 36.2. The number of thioether (sulfide) groups is 6. The molecule has 35 heteroatoms. The number of carbonyl (C=O) groups is 12. The van der Waals surface area contributed by atoms with Gasteiger partial charge in [-0.15, -0.1) is 0 Å². The second-order valence-corrected chi connectivity index (χ2v) is 31.4. The van der Waals surface area contributed by atoms with E-state index in [1.807, 2.05) is 56.0 Å². The molecule has 0 aromatic rings. The van der Waals surface area contributed by atoms with E-state index in [2.05, 4.69) is 14.7 Å². The van der Waals surface area contributed by atoms with Gasteiger partial charge in [0.05, 0.1) is 74.0 Å². The summed E-state index contributed by atoms with van der Waals surface area (Å²) in [6.07, 6.45) is 9.79. The highest BCUT2D eigenvalue weighted by Crippen LogP contribution is 2.16. The highest BCUT2D eigenvalue weighted by Gasteiger charge is 2.23. The summed E-state index contributed by atoms with van der Waals surface area (Å²) < 4.78 is 63.3. The molecule has 614 valence electrons. The molecular weight excluding hydrogens is 1500 g/mol. The Morgan fingerprint density at radius 3 is 0.632 bits per heavy atom. The van der Waals surface area contributed by atoms with Gasteiger partial charge in [0, 0.05) is 98.4 Å². The van der Waals surface area contributed by atoms with Crippen molar-refractivity contribution in [2.24, 2.45) is 35.5 Å². The second kappa shape index (κ2) is 66.3. The van der Waals surface area contributed by atoms with E-state index in [0.29, 0.717) is 72.2 Å². The van der Waals surface area contributed by atoms with Crippen LogP contribution in [0.25, 0.3) is 0 Å². The predicted octanol–water partition coefficient (Wildman–Crippen LogP) is 5.76. The Labute approximate surface area is 655 Å². The lowest BCUT2D eigenvalue weighted by molar-refractivity contribution is -0.154. The Hall–Kier alpha value is -4.46. The normalized spacial score (nSPS) is 13.1. The van der Waals surface area contributed by atoms with Crippen molar-refractivity contribution < 1.29 is 114 Å². The van der Waals surface area contributed by atoms with Gasteiger partial charge in [-0.05, 0) is 85.2 Å². The molecule has 0 saturated carbocycles. The van der Waals surface area contributed by atoms with Crippen molar-refractivity contribution in [3.05, 3.63) is 0 Å². The maximum absolute atomic E-state index is 12.8. The van der Waals surface area contributed by atoms with Crippen LogP contribution < -0.4 is 0 Å². The van der Waals surface area contributed by atoms with Gasteiger partial charge in [-0.3, -0.25) is 57.5 Å². The number of hydrogen-bond acceptors (Lipinski definition) is 35. The number of ether oxygens (including phenoxy) is 12. The molecule has 0 bridgehead atoms. The van der Waals surface area contributed by atoms with Crippen LogP contribution >= 0.6 is 70.6 Å². The molecule has 0 N–H and O–H groups in total. The lowest BCUT2D eigenvalue weighted by Gasteiger charge is -2.22. The Bertz CT molecular complexity index is 2230. The lowest BCUT2D eigenvalue weighted by Crippen LogP contribution is -2.32.